The number of hydrogen-bond acceptors (Lipinski definition) is 4. The highest BCUT2D eigenvalue weighted by Crippen LogP contribution is 2.37. The van der Waals surface area contributed by atoms with Gasteiger partial charge in [-0.25, -0.2) is 4.79 Å². The number of amides is 2. The molecule has 2 aromatic rings. The molecule has 0 bridgehead atoms. The minimum Gasteiger partial charge on any atom is -0.444 e. The third kappa shape index (κ3) is 5.51. The molecule has 0 saturated heterocycles. The van der Waals surface area contributed by atoms with E-state index in [1.165, 1.54) is 12.1 Å². The van der Waals surface area contributed by atoms with Crippen LogP contribution < -0.4 is 15.0 Å². The van der Waals surface area contributed by atoms with Gasteiger partial charge in [-0.15, -0.1) is 0 Å². The monoisotopic (exact) mass is 432 g/mol. The molecule has 1 aliphatic rings. The first-order chi connectivity index (χ1) is 14.5. The van der Waals surface area contributed by atoms with Crippen molar-refractivity contribution in [3.63, 3.8) is 0 Å². The summed E-state index contributed by atoms with van der Waals surface area (Å²) in [5.74, 6) is -0.316. The lowest BCUT2D eigenvalue weighted by Gasteiger charge is -2.38. The summed E-state index contributed by atoms with van der Waals surface area (Å²) >= 11 is 0. The number of rotatable bonds is 5. The Labute approximate surface area is 180 Å². The van der Waals surface area contributed by atoms with Crippen molar-refractivity contribution in [3.8, 4) is 5.75 Å². The summed E-state index contributed by atoms with van der Waals surface area (Å²) in [6.07, 6.45) is -0.590. The molecule has 0 saturated carbocycles. The van der Waals surface area contributed by atoms with Gasteiger partial charge in [-0.3, -0.25) is 4.79 Å². The first-order valence-electron chi connectivity index (χ1n) is 10.0. The Morgan fingerprint density at radius 1 is 1.16 bits per heavy atom. The van der Waals surface area contributed by atoms with Gasteiger partial charge in [0, 0.05) is 12.1 Å². The summed E-state index contributed by atoms with van der Waals surface area (Å²) in [4.78, 5) is 27.3. The van der Waals surface area contributed by atoms with E-state index < -0.39 is 24.3 Å². The normalized spacial score (nSPS) is 17.2. The average Bonchev–Trinajstić information content (AvgIpc) is 2.67. The van der Waals surface area contributed by atoms with Gasteiger partial charge in [0.25, 0.3) is 5.91 Å². The van der Waals surface area contributed by atoms with Gasteiger partial charge in [0.15, 0.2) is 0 Å². The average molecular weight is 432 g/mol. The molecule has 0 aromatic heterocycles. The van der Waals surface area contributed by atoms with Crippen molar-refractivity contribution < 1.29 is 27.8 Å². The molecule has 6 nitrogen and oxygen atoms in total. The fourth-order valence-corrected chi connectivity index (χ4v) is 3.57. The number of alkyl carbamates (subject to hydrolysis) is 1. The zero-order valence-corrected chi connectivity index (χ0v) is 17.9. The van der Waals surface area contributed by atoms with E-state index in [9.17, 15) is 18.4 Å². The maximum absolute atomic E-state index is 13.4. The Bertz CT molecular complexity index is 944. The van der Waals surface area contributed by atoms with Gasteiger partial charge in [0.2, 0.25) is 0 Å². The van der Waals surface area contributed by atoms with E-state index in [1.54, 1.807) is 31.7 Å². The Morgan fingerprint density at radius 3 is 2.45 bits per heavy atom. The summed E-state index contributed by atoms with van der Waals surface area (Å²) in [7, 11) is 0. The molecule has 31 heavy (non-hydrogen) atoms. The predicted molar refractivity (Wildman–Crippen MR) is 112 cm³/mol. The van der Waals surface area contributed by atoms with Crippen molar-refractivity contribution in [2.24, 2.45) is 0 Å². The van der Waals surface area contributed by atoms with Crippen molar-refractivity contribution >= 4 is 17.7 Å². The van der Waals surface area contributed by atoms with E-state index in [-0.39, 0.29) is 24.1 Å². The minimum atomic E-state index is -2.96. The smallest absolute Gasteiger partial charge is 0.408 e. The van der Waals surface area contributed by atoms with E-state index in [1.807, 2.05) is 37.3 Å². The van der Waals surface area contributed by atoms with E-state index in [0.29, 0.717) is 11.3 Å². The van der Waals surface area contributed by atoms with Crippen molar-refractivity contribution in [2.75, 3.05) is 4.90 Å². The first kappa shape index (κ1) is 22.5. The molecule has 0 radical (unpaired) electrons. The van der Waals surface area contributed by atoms with Crippen LogP contribution in [0, 0.1) is 0 Å². The van der Waals surface area contributed by atoms with Gasteiger partial charge >= 0.3 is 12.7 Å². The molecule has 1 N–H and O–H groups in total. The topological polar surface area (TPSA) is 67.9 Å². The Kier molecular flexibility index (Phi) is 6.48. The van der Waals surface area contributed by atoms with Gasteiger partial charge in [0.1, 0.15) is 17.4 Å². The van der Waals surface area contributed by atoms with Crippen LogP contribution in [0.3, 0.4) is 0 Å². The van der Waals surface area contributed by atoms with Gasteiger partial charge in [0.05, 0.1) is 6.04 Å². The molecule has 0 aliphatic carbocycles. The summed E-state index contributed by atoms with van der Waals surface area (Å²) < 4.78 is 35.2. The van der Waals surface area contributed by atoms with E-state index in [0.717, 1.165) is 5.56 Å². The van der Waals surface area contributed by atoms with Crippen molar-refractivity contribution in [1.29, 1.82) is 0 Å². The maximum Gasteiger partial charge on any atom is 0.408 e. The summed E-state index contributed by atoms with van der Waals surface area (Å²) in [5.41, 5.74) is 1.37. The number of ether oxygens (including phenoxy) is 2. The molecule has 0 fully saturated rings. The second-order valence-electron chi connectivity index (χ2n) is 8.37. The van der Waals surface area contributed by atoms with Crippen molar-refractivity contribution in [3.05, 3.63) is 59.7 Å². The van der Waals surface area contributed by atoms with Crippen LogP contribution in [0.15, 0.2) is 48.5 Å². The number of carbonyl (C=O) groups is 2. The second-order valence-corrected chi connectivity index (χ2v) is 8.37. The maximum atomic E-state index is 13.4. The number of benzene rings is 2. The molecule has 2 aromatic carbocycles. The lowest BCUT2D eigenvalue weighted by atomic mass is 9.94. The van der Waals surface area contributed by atoms with Crippen LogP contribution in [0.5, 0.6) is 5.75 Å². The van der Waals surface area contributed by atoms with Crippen molar-refractivity contribution in [2.45, 2.75) is 58.4 Å². The number of carbonyl (C=O) groups excluding carboxylic acids is 2. The minimum absolute atomic E-state index is 0.00793. The molecule has 2 amide bonds. The molecular weight excluding hydrogens is 406 g/mol. The van der Waals surface area contributed by atoms with E-state index in [2.05, 4.69) is 10.1 Å². The number of nitrogens with one attached hydrogen (secondary N) is 1. The molecule has 1 aliphatic heterocycles. The largest absolute Gasteiger partial charge is 0.444 e. The summed E-state index contributed by atoms with van der Waals surface area (Å²) in [5, 5.41) is 2.62. The number of nitrogens with zero attached hydrogens (tertiary/aromatic N) is 1. The highest BCUT2D eigenvalue weighted by atomic mass is 19.3. The Hall–Kier alpha value is -3.16. The summed E-state index contributed by atoms with van der Waals surface area (Å²) in [6, 6.07) is 12.6. The molecular formula is C23H26F2N2O4. The SMILES string of the molecule is C[C@@H](c1ccccc1)N1C(=O)[C@H](NC(=O)OC(C)(C)C)Cc2cc(OC(F)F)ccc21. The van der Waals surface area contributed by atoms with Crippen LogP contribution in [-0.4, -0.2) is 30.3 Å². The van der Waals surface area contributed by atoms with E-state index >= 15 is 0 Å². The van der Waals surface area contributed by atoms with Gasteiger partial charge < -0.3 is 19.7 Å². The van der Waals surface area contributed by atoms with Crippen LogP contribution in [0.25, 0.3) is 0 Å². The highest BCUT2D eigenvalue weighted by molar-refractivity contribution is 6.02. The van der Waals surface area contributed by atoms with Crippen LogP contribution in [0.2, 0.25) is 0 Å². The number of anilines is 1. The zero-order chi connectivity index (χ0) is 22.8. The number of alkyl halides is 2. The van der Waals surface area contributed by atoms with Crippen LogP contribution >= 0.6 is 0 Å². The molecule has 1 heterocycles. The quantitative estimate of drug-likeness (QED) is 0.735. The molecule has 8 heteroatoms. The number of fused-ring (bicyclic) bond motifs is 1. The fraction of sp³-hybridized carbons (Fsp3) is 0.391. The van der Waals surface area contributed by atoms with Gasteiger partial charge in [-0.1, -0.05) is 30.3 Å². The third-order valence-corrected chi connectivity index (χ3v) is 4.86. The van der Waals surface area contributed by atoms with Gasteiger partial charge in [-0.05, 0) is 57.0 Å². The molecule has 0 spiro atoms. The number of halogens is 2. The Morgan fingerprint density at radius 2 is 1.84 bits per heavy atom. The van der Waals surface area contributed by atoms with E-state index in [4.69, 9.17) is 4.74 Å². The number of hydrogen-bond donors (Lipinski definition) is 1. The molecule has 2 atom stereocenters. The third-order valence-electron chi connectivity index (χ3n) is 4.86. The Balaban J connectivity index is 1.96. The first-order valence-corrected chi connectivity index (χ1v) is 10.0. The lowest BCUT2D eigenvalue weighted by molar-refractivity contribution is -0.121. The predicted octanol–water partition coefficient (Wildman–Crippen LogP) is 4.83. The zero-order valence-electron chi connectivity index (χ0n) is 17.9. The van der Waals surface area contributed by atoms with Crippen LogP contribution in [0.1, 0.15) is 44.9 Å². The standard InChI is InChI=1S/C23H26F2N2O4/c1-14(15-8-6-5-7-9-15)27-19-11-10-17(30-21(24)25)12-16(19)13-18(20(27)28)26-22(29)31-23(2,3)4/h5-12,14,18,21H,13H2,1-4H3,(H,26,29)/t14-,18+/m0/s1. The second kappa shape index (κ2) is 8.91. The fourth-order valence-electron chi connectivity index (χ4n) is 3.57. The highest BCUT2D eigenvalue weighted by Gasteiger charge is 2.37. The lowest BCUT2D eigenvalue weighted by Crippen LogP contribution is -2.54. The van der Waals surface area contributed by atoms with Crippen molar-refractivity contribution in [1.82, 2.24) is 5.32 Å². The molecule has 3 rings (SSSR count). The summed E-state index contributed by atoms with van der Waals surface area (Å²) in [6.45, 7) is 4.09. The van der Waals surface area contributed by atoms with Crippen LogP contribution in [-0.2, 0) is 16.0 Å². The molecule has 166 valence electrons. The van der Waals surface area contributed by atoms with Crippen LogP contribution in [0.4, 0.5) is 19.3 Å². The molecule has 0 unspecified atom stereocenters. The van der Waals surface area contributed by atoms with Gasteiger partial charge in [-0.2, -0.15) is 8.78 Å².